The summed E-state index contributed by atoms with van der Waals surface area (Å²) in [6, 6.07) is 1.92. The molecular formula is C31H45N7O5. The van der Waals surface area contributed by atoms with Crippen LogP contribution in [0.5, 0.6) is 0 Å². The van der Waals surface area contributed by atoms with Gasteiger partial charge in [-0.2, -0.15) is 9.61 Å². The Morgan fingerprint density at radius 3 is 2.60 bits per heavy atom. The monoisotopic (exact) mass is 595 g/mol. The second kappa shape index (κ2) is 12.3. The molecule has 12 heteroatoms. The fourth-order valence-electron chi connectivity index (χ4n) is 5.74. The van der Waals surface area contributed by atoms with Gasteiger partial charge in [0.25, 0.3) is 0 Å². The van der Waals surface area contributed by atoms with Gasteiger partial charge in [-0.25, -0.2) is 14.5 Å². The summed E-state index contributed by atoms with van der Waals surface area (Å²) >= 11 is 0. The standard InChI is InChI=1S/C31H45N7O5/c1-20(2)16-24-23-19-37(35-33-23)18-22-17-25-32-21(3)26(27(29(39)40)43-30(4,5)6)28(38(25)34-22)36-12-10-31(7,11-13-36)42-15-9-8-14-41-24/h8-9,17,19-20,24,27H,10-16,18H2,1-7H3,(H,39,40)/b9-8-/t24?,27-/m0/s1. The summed E-state index contributed by atoms with van der Waals surface area (Å²) < 4.78 is 22.2. The molecule has 6 bridgehead atoms. The van der Waals surface area contributed by atoms with E-state index in [1.807, 2.05) is 52.1 Å². The van der Waals surface area contributed by atoms with Crippen LogP contribution in [0.3, 0.4) is 0 Å². The quantitative estimate of drug-likeness (QED) is 0.416. The van der Waals surface area contributed by atoms with E-state index in [4.69, 9.17) is 24.3 Å². The predicted octanol–water partition coefficient (Wildman–Crippen LogP) is 4.67. The van der Waals surface area contributed by atoms with Crippen LogP contribution in [0, 0.1) is 12.8 Å². The highest BCUT2D eigenvalue weighted by atomic mass is 16.5. The first kappa shape index (κ1) is 31.1. The van der Waals surface area contributed by atoms with Gasteiger partial charge in [0.05, 0.1) is 48.4 Å². The minimum absolute atomic E-state index is 0.183. The van der Waals surface area contributed by atoms with Crippen LogP contribution in [0.4, 0.5) is 5.82 Å². The molecule has 0 saturated carbocycles. The van der Waals surface area contributed by atoms with E-state index in [0.717, 1.165) is 30.7 Å². The molecule has 43 heavy (non-hydrogen) atoms. The van der Waals surface area contributed by atoms with Crippen LogP contribution in [0.2, 0.25) is 0 Å². The molecule has 1 N–H and O–H groups in total. The van der Waals surface area contributed by atoms with E-state index in [1.165, 1.54) is 0 Å². The molecule has 3 aliphatic rings. The Hall–Kier alpha value is -3.35. The first-order valence-electron chi connectivity index (χ1n) is 15.2. The molecule has 3 aliphatic heterocycles. The lowest BCUT2D eigenvalue weighted by atomic mass is 9.92. The van der Waals surface area contributed by atoms with Crippen LogP contribution in [-0.2, 0) is 25.5 Å². The smallest absolute Gasteiger partial charge is 0.337 e. The maximum Gasteiger partial charge on any atom is 0.337 e. The second-order valence-electron chi connectivity index (χ2n) is 13.3. The van der Waals surface area contributed by atoms with E-state index < -0.39 is 17.7 Å². The summed E-state index contributed by atoms with van der Waals surface area (Å²) in [5.74, 6) is 0.0464. The average molecular weight is 596 g/mol. The molecule has 6 rings (SSSR count). The van der Waals surface area contributed by atoms with Crippen molar-refractivity contribution in [1.82, 2.24) is 29.6 Å². The SMILES string of the molecule is Cc1nc2cc3nn2c(c1[C@H](OC(C)(C)C)C(=O)O)N1CCC(C)(CC1)OC/C=C\COC(CC(C)C)c1cn(nn1)C3. The summed E-state index contributed by atoms with van der Waals surface area (Å²) in [7, 11) is 0. The van der Waals surface area contributed by atoms with Crippen molar-refractivity contribution >= 4 is 17.4 Å². The number of carboxylic acids is 1. The zero-order valence-corrected chi connectivity index (χ0v) is 26.4. The van der Waals surface area contributed by atoms with Crippen molar-refractivity contribution < 1.29 is 24.1 Å². The van der Waals surface area contributed by atoms with Crippen LogP contribution in [0.1, 0.15) is 95.7 Å². The predicted molar refractivity (Wildman–Crippen MR) is 161 cm³/mol. The van der Waals surface area contributed by atoms with Gasteiger partial charge in [-0.15, -0.1) is 5.10 Å². The lowest BCUT2D eigenvalue weighted by Gasteiger charge is -2.41. The lowest BCUT2D eigenvalue weighted by molar-refractivity contribution is -0.160. The number of carbonyl (C=O) groups is 1. The molecule has 1 saturated heterocycles. The fourth-order valence-corrected chi connectivity index (χ4v) is 5.74. The highest BCUT2D eigenvalue weighted by Crippen LogP contribution is 2.38. The normalized spacial score (nSPS) is 23.3. The summed E-state index contributed by atoms with van der Waals surface area (Å²) in [4.78, 5) is 19.7. The van der Waals surface area contributed by atoms with Crippen LogP contribution < -0.4 is 4.90 Å². The van der Waals surface area contributed by atoms with E-state index in [2.05, 4.69) is 36.0 Å². The van der Waals surface area contributed by atoms with Crippen molar-refractivity contribution in [3.8, 4) is 0 Å². The number of fused-ring (bicyclic) bond motifs is 7. The van der Waals surface area contributed by atoms with Crippen molar-refractivity contribution in [3.63, 3.8) is 0 Å². The van der Waals surface area contributed by atoms with Gasteiger partial charge >= 0.3 is 5.97 Å². The molecule has 6 heterocycles. The van der Waals surface area contributed by atoms with Gasteiger partial charge in [-0.1, -0.05) is 31.2 Å². The van der Waals surface area contributed by atoms with Crippen molar-refractivity contribution in [2.45, 2.75) is 97.7 Å². The van der Waals surface area contributed by atoms with Gasteiger partial charge in [0.15, 0.2) is 11.8 Å². The number of aryl methyl sites for hydroxylation is 1. The number of nitrogens with zero attached hydrogens (tertiary/aromatic N) is 7. The maximum atomic E-state index is 12.7. The number of hydrogen-bond acceptors (Lipinski definition) is 9. The Balaban J connectivity index is 1.61. The molecule has 0 spiro atoms. The molecule has 1 fully saturated rings. The minimum Gasteiger partial charge on any atom is -0.479 e. The highest BCUT2D eigenvalue weighted by Gasteiger charge is 2.37. The van der Waals surface area contributed by atoms with Crippen molar-refractivity contribution in [2.75, 3.05) is 31.2 Å². The van der Waals surface area contributed by atoms with E-state index in [1.54, 1.807) is 9.20 Å². The van der Waals surface area contributed by atoms with Gasteiger partial charge in [-0.3, -0.25) is 0 Å². The Morgan fingerprint density at radius 1 is 1.21 bits per heavy atom. The number of hydrogen-bond donors (Lipinski definition) is 1. The first-order valence-corrected chi connectivity index (χ1v) is 15.2. The van der Waals surface area contributed by atoms with Crippen molar-refractivity contribution in [1.29, 1.82) is 0 Å². The van der Waals surface area contributed by atoms with Crippen molar-refractivity contribution in [3.05, 3.63) is 47.1 Å². The highest BCUT2D eigenvalue weighted by molar-refractivity contribution is 5.78. The van der Waals surface area contributed by atoms with Crippen molar-refractivity contribution in [2.24, 2.45) is 5.92 Å². The number of aromatic nitrogens is 6. The van der Waals surface area contributed by atoms with E-state index in [-0.39, 0.29) is 11.7 Å². The van der Waals surface area contributed by atoms with Crippen LogP contribution >= 0.6 is 0 Å². The third-order valence-electron chi connectivity index (χ3n) is 7.92. The summed E-state index contributed by atoms with van der Waals surface area (Å²) in [5, 5.41) is 24.1. The Morgan fingerprint density at radius 2 is 1.93 bits per heavy atom. The van der Waals surface area contributed by atoms with E-state index in [0.29, 0.717) is 61.5 Å². The maximum absolute atomic E-state index is 12.7. The van der Waals surface area contributed by atoms with Gasteiger partial charge in [0.1, 0.15) is 17.6 Å². The molecule has 0 aliphatic carbocycles. The molecule has 0 amide bonds. The number of carboxylic acid groups (broad SMARTS) is 1. The van der Waals surface area contributed by atoms with Crippen LogP contribution in [0.15, 0.2) is 24.4 Å². The molecule has 3 aromatic rings. The zero-order valence-electron chi connectivity index (χ0n) is 26.4. The fraction of sp³-hybridized carbons (Fsp3) is 0.645. The molecular weight excluding hydrogens is 550 g/mol. The number of anilines is 1. The second-order valence-corrected chi connectivity index (χ2v) is 13.3. The summed E-state index contributed by atoms with van der Waals surface area (Å²) in [6.07, 6.45) is 6.88. The average Bonchev–Trinajstić information content (AvgIpc) is 3.54. The van der Waals surface area contributed by atoms with Gasteiger partial charge < -0.3 is 24.2 Å². The number of ether oxygens (including phenoxy) is 3. The summed E-state index contributed by atoms with van der Waals surface area (Å²) in [5.41, 5.74) is 2.25. The van der Waals surface area contributed by atoms with Gasteiger partial charge in [0, 0.05) is 24.8 Å². The lowest BCUT2D eigenvalue weighted by Crippen LogP contribution is -2.45. The molecule has 0 aromatic carbocycles. The number of aliphatic carboxylic acids is 1. The molecule has 0 radical (unpaired) electrons. The van der Waals surface area contributed by atoms with Crippen LogP contribution in [0.25, 0.3) is 5.65 Å². The Labute approximate surface area is 253 Å². The van der Waals surface area contributed by atoms with Gasteiger partial charge in [-0.05, 0) is 59.8 Å². The first-order chi connectivity index (χ1) is 20.3. The third-order valence-corrected chi connectivity index (χ3v) is 7.92. The van der Waals surface area contributed by atoms with Crippen LogP contribution in [-0.4, -0.2) is 78.2 Å². The summed E-state index contributed by atoms with van der Waals surface area (Å²) in [6.45, 7) is 16.5. The zero-order chi connectivity index (χ0) is 30.9. The number of piperidine rings is 1. The van der Waals surface area contributed by atoms with E-state index in [9.17, 15) is 9.90 Å². The largest absolute Gasteiger partial charge is 0.479 e. The molecule has 234 valence electrons. The number of rotatable bonds is 5. The Kier molecular flexibility index (Phi) is 8.92. The molecule has 2 atom stereocenters. The van der Waals surface area contributed by atoms with Gasteiger partial charge in [0.2, 0.25) is 0 Å². The minimum atomic E-state index is -1.22. The topological polar surface area (TPSA) is 129 Å². The molecule has 1 unspecified atom stereocenters. The molecule has 3 aromatic heterocycles. The third kappa shape index (κ3) is 7.25. The molecule has 12 nitrogen and oxygen atoms in total. The Bertz CT molecular complexity index is 1460. The van der Waals surface area contributed by atoms with E-state index >= 15 is 0 Å².